The van der Waals surface area contributed by atoms with E-state index in [-0.39, 0.29) is 17.2 Å². The minimum atomic E-state index is -0.296. The van der Waals surface area contributed by atoms with Gasteiger partial charge in [0.2, 0.25) is 5.91 Å². The molecule has 0 saturated carbocycles. The quantitative estimate of drug-likeness (QED) is 0.310. The average molecular weight is 452 g/mol. The molecule has 3 aromatic rings. The number of benzene rings is 2. The van der Waals surface area contributed by atoms with E-state index in [1.54, 1.807) is 48.1 Å². The van der Waals surface area contributed by atoms with Crippen molar-refractivity contribution < 1.29 is 9.53 Å². The second-order valence-electron chi connectivity index (χ2n) is 6.15. The van der Waals surface area contributed by atoms with E-state index in [9.17, 15) is 9.59 Å². The molecule has 0 aliphatic heterocycles. The topological polar surface area (TPSA) is 73.2 Å². The zero-order chi connectivity index (χ0) is 20.8. The number of carbonyl (C=O) groups is 1. The van der Waals surface area contributed by atoms with E-state index in [4.69, 9.17) is 27.9 Å². The number of nitrogens with one attached hydrogen (secondary N) is 1. The number of hydrogen-bond donors (Lipinski definition) is 1. The molecule has 9 heteroatoms. The molecule has 0 bridgehead atoms. The lowest BCUT2D eigenvalue weighted by molar-refractivity contribution is -0.113. The van der Waals surface area contributed by atoms with Crippen LogP contribution in [0.1, 0.15) is 6.42 Å². The summed E-state index contributed by atoms with van der Waals surface area (Å²) in [6, 6.07) is 12.2. The summed E-state index contributed by atoms with van der Waals surface area (Å²) in [6.45, 7) is 0.972. The maximum Gasteiger partial charge on any atom is 0.262 e. The van der Waals surface area contributed by atoms with Crippen molar-refractivity contribution in [2.75, 3.05) is 24.8 Å². The van der Waals surface area contributed by atoms with Crippen LogP contribution in [-0.2, 0) is 16.1 Å². The Morgan fingerprint density at radius 1 is 1.17 bits per heavy atom. The summed E-state index contributed by atoms with van der Waals surface area (Å²) in [4.78, 5) is 29.9. The third kappa shape index (κ3) is 5.30. The number of hydrogen-bond acceptors (Lipinski definition) is 5. The van der Waals surface area contributed by atoms with Gasteiger partial charge in [0.1, 0.15) is 0 Å². The molecule has 1 N–H and O–H groups in total. The van der Waals surface area contributed by atoms with E-state index in [1.165, 1.54) is 11.8 Å². The van der Waals surface area contributed by atoms with Gasteiger partial charge in [-0.1, -0.05) is 53.2 Å². The van der Waals surface area contributed by atoms with Crippen molar-refractivity contribution in [3.8, 4) is 0 Å². The van der Waals surface area contributed by atoms with E-state index < -0.39 is 0 Å². The molecule has 1 amide bonds. The normalized spacial score (nSPS) is 11.0. The van der Waals surface area contributed by atoms with Crippen LogP contribution < -0.4 is 10.9 Å². The maximum atomic E-state index is 12.9. The van der Waals surface area contributed by atoms with E-state index in [0.717, 1.165) is 0 Å². The maximum absolute atomic E-state index is 12.9. The first-order chi connectivity index (χ1) is 14.0. The standard InChI is InChI=1S/C20H19Cl2N3O3S/c1-28-11-5-10-25-19(27)13-6-2-3-9-16(13)23-20(25)29-12-17(26)24-18-14(21)7-4-8-15(18)22/h2-4,6-9H,5,10-12H2,1H3,(H,24,26). The molecule has 0 aliphatic carbocycles. The van der Waals surface area contributed by atoms with Crippen molar-refractivity contribution >= 4 is 57.5 Å². The summed E-state index contributed by atoms with van der Waals surface area (Å²) >= 11 is 13.4. The Hall–Kier alpha value is -2.06. The van der Waals surface area contributed by atoms with Crippen LogP contribution in [0.5, 0.6) is 0 Å². The molecule has 0 spiro atoms. The van der Waals surface area contributed by atoms with Crippen LogP contribution in [0, 0.1) is 0 Å². The largest absolute Gasteiger partial charge is 0.385 e. The molecule has 0 radical (unpaired) electrons. The summed E-state index contributed by atoms with van der Waals surface area (Å²) in [5.74, 6) is -0.243. The first-order valence-electron chi connectivity index (χ1n) is 8.86. The highest BCUT2D eigenvalue weighted by Crippen LogP contribution is 2.30. The smallest absolute Gasteiger partial charge is 0.262 e. The molecular weight excluding hydrogens is 433 g/mol. The fraction of sp³-hybridized carbons (Fsp3) is 0.250. The van der Waals surface area contributed by atoms with Crippen molar-refractivity contribution in [3.05, 3.63) is 62.9 Å². The molecule has 3 rings (SSSR count). The molecule has 6 nitrogen and oxygen atoms in total. The number of methoxy groups -OCH3 is 1. The fourth-order valence-corrected chi connectivity index (χ4v) is 4.06. The highest BCUT2D eigenvalue weighted by Gasteiger charge is 2.15. The number of carbonyl (C=O) groups excluding carboxylic acids is 1. The molecular formula is C20H19Cl2N3O3S. The number of amides is 1. The number of thioether (sulfide) groups is 1. The SMILES string of the molecule is COCCCn1c(SCC(=O)Nc2c(Cl)cccc2Cl)nc2ccccc2c1=O. The van der Waals surface area contributed by atoms with E-state index in [1.807, 2.05) is 6.07 Å². The van der Waals surface area contributed by atoms with Crippen LogP contribution in [0.2, 0.25) is 10.0 Å². The van der Waals surface area contributed by atoms with E-state index >= 15 is 0 Å². The molecule has 152 valence electrons. The predicted molar refractivity (Wildman–Crippen MR) is 118 cm³/mol. The molecule has 0 fully saturated rings. The van der Waals surface area contributed by atoms with Gasteiger partial charge in [0, 0.05) is 20.3 Å². The van der Waals surface area contributed by atoms with Crippen LogP contribution in [0.3, 0.4) is 0 Å². The highest BCUT2D eigenvalue weighted by molar-refractivity contribution is 7.99. The second-order valence-corrected chi connectivity index (χ2v) is 7.91. The molecule has 0 atom stereocenters. The van der Waals surface area contributed by atoms with Crippen molar-refractivity contribution in [1.29, 1.82) is 0 Å². The zero-order valence-electron chi connectivity index (χ0n) is 15.7. The number of fused-ring (bicyclic) bond motifs is 1. The van der Waals surface area contributed by atoms with Gasteiger partial charge in [0.25, 0.3) is 5.56 Å². The number of anilines is 1. The Kier molecular flexibility index (Phi) is 7.55. The lowest BCUT2D eigenvalue weighted by atomic mass is 10.2. The minimum Gasteiger partial charge on any atom is -0.385 e. The van der Waals surface area contributed by atoms with Crippen LogP contribution in [0.25, 0.3) is 10.9 Å². The molecule has 0 aliphatic rings. The van der Waals surface area contributed by atoms with Gasteiger partial charge in [-0.05, 0) is 30.7 Å². The Labute approximate surface area is 182 Å². The highest BCUT2D eigenvalue weighted by atomic mass is 35.5. The molecule has 0 unspecified atom stereocenters. The van der Waals surface area contributed by atoms with Gasteiger partial charge in [-0.15, -0.1) is 0 Å². The molecule has 1 aromatic heterocycles. The summed E-state index contributed by atoms with van der Waals surface area (Å²) in [6.07, 6.45) is 0.658. The average Bonchev–Trinajstić information content (AvgIpc) is 2.71. The molecule has 0 saturated heterocycles. The van der Waals surface area contributed by atoms with Gasteiger partial charge in [-0.25, -0.2) is 4.98 Å². The molecule has 1 heterocycles. The summed E-state index contributed by atoms with van der Waals surface area (Å²) in [5, 5.41) is 4.45. The predicted octanol–water partition coefficient (Wildman–Crippen LogP) is 4.47. The van der Waals surface area contributed by atoms with Crippen LogP contribution >= 0.6 is 35.0 Å². The molecule has 2 aromatic carbocycles. The summed E-state index contributed by atoms with van der Waals surface area (Å²) < 4.78 is 6.67. The number of rotatable bonds is 8. The molecule has 29 heavy (non-hydrogen) atoms. The third-order valence-corrected chi connectivity index (χ3v) is 5.72. The van der Waals surface area contributed by atoms with Crippen molar-refractivity contribution in [1.82, 2.24) is 9.55 Å². The van der Waals surface area contributed by atoms with Crippen molar-refractivity contribution in [2.24, 2.45) is 0 Å². The van der Waals surface area contributed by atoms with E-state index in [0.29, 0.717) is 51.4 Å². The number of para-hydroxylation sites is 2. The Morgan fingerprint density at radius 3 is 2.62 bits per heavy atom. The Bertz CT molecular complexity index is 1070. The second kappa shape index (κ2) is 10.1. The van der Waals surface area contributed by atoms with Crippen LogP contribution in [0.15, 0.2) is 52.4 Å². The first kappa shape index (κ1) is 21.6. The number of halogens is 2. The number of aromatic nitrogens is 2. The van der Waals surface area contributed by atoms with Gasteiger partial charge >= 0.3 is 0 Å². The third-order valence-electron chi connectivity index (χ3n) is 4.12. The fourth-order valence-electron chi connectivity index (χ4n) is 2.74. The number of ether oxygens (including phenoxy) is 1. The van der Waals surface area contributed by atoms with Crippen molar-refractivity contribution in [2.45, 2.75) is 18.1 Å². The lowest BCUT2D eigenvalue weighted by Crippen LogP contribution is -2.25. The van der Waals surface area contributed by atoms with Gasteiger partial charge < -0.3 is 10.1 Å². The minimum absolute atomic E-state index is 0.0522. The number of nitrogens with zero attached hydrogens (tertiary/aromatic N) is 2. The van der Waals surface area contributed by atoms with Gasteiger partial charge in [-0.2, -0.15) is 0 Å². The van der Waals surface area contributed by atoms with Gasteiger partial charge in [0.15, 0.2) is 5.16 Å². The lowest BCUT2D eigenvalue weighted by Gasteiger charge is -2.13. The monoisotopic (exact) mass is 451 g/mol. The van der Waals surface area contributed by atoms with Crippen LogP contribution in [-0.4, -0.2) is 34.9 Å². The van der Waals surface area contributed by atoms with Crippen molar-refractivity contribution in [3.63, 3.8) is 0 Å². The van der Waals surface area contributed by atoms with Gasteiger partial charge in [-0.3, -0.25) is 14.2 Å². The first-order valence-corrected chi connectivity index (χ1v) is 10.6. The zero-order valence-corrected chi connectivity index (χ0v) is 18.0. The Balaban J connectivity index is 1.81. The Morgan fingerprint density at radius 2 is 1.90 bits per heavy atom. The summed E-state index contributed by atoms with van der Waals surface area (Å²) in [7, 11) is 1.61. The van der Waals surface area contributed by atoms with Gasteiger partial charge in [0.05, 0.1) is 32.4 Å². The van der Waals surface area contributed by atoms with E-state index in [2.05, 4.69) is 10.3 Å². The van der Waals surface area contributed by atoms with Crippen LogP contribution in [0.4, 0.5) is 5.69 Å². The summed E-state index contributed by atoms with van der Waals surface area (Å²) in [5.41, 5.74) is 0.826.